The highest BCUT2D eigenvalue weighted by Gasteiger charge is 2.06. The molecule has 0 rings (SSSR count). The average molecular weight is 225 g/mol. The highest BCUT2D eigenvalue weighted by Crippen LogP contribution is 1.91. The molecule has 0 saturated carbocycles. The third-order valence-electron chi connectivity index (χ3n) is 1.74. The summed E-state index contributed by atoms with van der Waals surface area (Å²) in [4.78, 5) is 22.4. The number of carbonyl (C=O) groups is 2. The van der Waals surface area contributed by atoms with E-state index >= 15 is 0 Å². The predicted octanol–water partition coefficient (Wildman–Crippen LogP) is 0.827. The number of carbonyl (C=O) groups excluding carboxylic acids is 2. The molecule has 0 heterocycles. The molecule has 2 amide bonds. The second-order valence-corrected chi connectivity index (χ2v) is 3.75. The van der Waals surface area contributed by atoms with Crippen LogP contribution in [0.1, 0.15) is 27.2 Å². The molecule has 16 heavy (non-hydrogen) atoms. The molecule has 90 valence electrons. The summed E-state index contributed by atoms with van der Waals surface area (Å²) >= 11 is 0. The zero-order valence-electron chi connectivity index (χ0n) is 10.0. The lowest BCUT2D eigenvalue weighted by Crippen LogP contribution is -2.27. The first-order chi connectivity index (χ1) is 7.47. The van der Waals surface area contributed by atoms with Crippen LogP contribution in [-0.2, 0) is 9.59 Å². The van der Waals surface area contributed by atoms with Crippen LogP contribution in [0.15, 0.2) is 17.8 Å². The fraction of sp³-hybridized carbons (Fsp3) is 0.545. The molecule has 0 saturated heterocycles. The van der Waals surface area contributed by atoms with Crippen LogP contribution < -0.4 is 10.7 Å². The van der Waals surface area contributed by atoms with Crippen molar-refractivity contribution in [1.82, 2.24) is 10.7 Å². The van der Waals surface area contributed by atoms with Crippen LogP contribution in [0.2, 0.25) is 0 Å². The molecule has 5 nitrogen and oxygen atoms in total. The summed E-state index contributed by atoms with van der Waals surface area (Å²) in [7, 11) is 0. The third-order valence-corrected chi connectivity index (χ3v) is 1.74. The van der Waals surface area contributed by atoms with Gasteiger partial charge < -0.3 is 5.32 Å². The predicted molar refractivity (Wildman–Crippen MR) is 63.9 cm³/mol. The Hall–Kier alpha value is -1.65. The van der Waals surface area contributed by atoms with Crippen LogP contribution in [0.5, 0.6) is 0 Å². The van der Waals surface area contributed by atoms with E-state index in [4.69, 9.17) is 0 Å². The number of rotatable bonds is 6. The van der Waals surface area contributed by atoms with Crippen molar-refractivity contribution >= 4 is 17.5 Å². The van der Waals surface area contributed by atoms with Gasteiger partial charge in [-0.2, -0.15) is 5.10 Å². The summed E-state index contributed by atoms with van der Waals surface area (Å²) < 4.78 is 0. The van der Waals surface area contributed by atoms with Crippen LogP contribution in [0.3, 0.4) is 0 Å². The molecule has 0 unspecified atom stereocenters. The van der Waals surface area contributed by atoms with E-state index in [1.54, 1.807) is 26.8 Å². The van der Waals surface area contributed by atoms with Gasteiger partial charge in [-0.1, -0.05) is 19.9 Å². The third kappa shape index (κ3) is 6.75. The van der Waals surface area contributed by atoms with Gasteiger partial charge in [0.25, 0.3) is 0 Å². The first-order valence-electron chi connectivity index (χ1n) is 5.18. The zero-order valence-corrected chi connectivity index (χ0v) is 10.0. The minimum atomic E-state index is -0.161. The van der Waals surface area contributed by atoms with Gasteiger partial charge in [0.05, 0.1) is 6.42 Å². The molecule has 0 aliphatic rings. The Bertz CT molecular complexity index is 296. The molecule has 5 heteroatoms. The first kappa shape index (κ1) is 14.3. The maximum absolute atomic E-state index is 11.2. The van der Waals surface area contributed by atoms with Crippen LogP contribution in [0.25, 0.3) is 0 Å². The Morgan fingerprint density at radius 1 is 1.44 bits per heavy atom. The van der Waals surface area contributed by atoms with E-state index in [1.807, 2.05) is 0 Å². The van der Waals surface area contributed by atoms with Crippen molar-refractivity contribution in [2.24, 2.45) is 11.0 Å². The lowest BCUT2D eigenvalue weighted by atomic mass is 10.2. The Labute approximate surface area is 96.0 Å². The molecule has 0 aliphatic heterocycles. The molecular formula is C11H19N3O2. The normalized spacial score (nSPS) is 11.1. The van der Waals surface area contributed by atoms with Crippen molar-refractivity contribution in [2.45, 2.75) is 27.2 Å². The lowest BCUT2D eigenvalue weighted by Gasteiger charge is -2.04. The van der Waals surface area contributed by atoms with Gasteiger partial charge in [-0.25, -0.2) is 5.43 Å². The van der Waals surface area contributed by atoms with E-state index in [0.717, 1.165) is 0 Å². The van der Waals surface area contributed by atoms with Crippen molar-refractivity contribution in [1.29, 1.82) is 0 Å². The molecule has 0 spiro atoms. The summed E-state index contributed by atoms with van der Waals surface area (Å²) in [5.74, 6) is -0.420. The van der Waals surface area contributed by atoms with Gasteiger partial charge in [0.2, 0.25) is 11.8 Å². The molecule has 0 aromatic heterocycles. The van der Waals surface area contributed by atoms with Crippen molar-refractivity contribution in [3.8, 4) is 0 Å². The molecule has 0 fully saturated rings. The average Bonchev–Trinajstić information content (AvgIpc) is 2.22. The quantitative estimate of drug-likeness (QED) is 0.399. The maximum Gasteiger partial charge on any atom is 0.242 e. The Balaban J connectivity index is 4.00. The Kier molecular flexibility index (Phi) is 6.83. The van der Waals surface area contributed by atoms with Gasteiger partial charge in [0.15, 0.2) is 0 Å². The minimum Gasteiger partial charge on any atom is -0.352 e. The standard InChI is InChI=1S/C11H19N3O2/c1-5-6-12-10(15)7-9(4)13-14-11(16)8(2)3/h5,8H,1,6-7H2,2-4H3,(H,12,15)(H,14,16). The minimum absolute atomic E-state index is 0.119. The second-order valence-electron chi connectivity index (χ2n) is 3.75. The fourth-order valence-corrected chi connectivity index (χ4v) is 0.800. The van der Waals surface area contributed by atoms with Crippen molar-refractivity contribution in [3.63, 3.8) is 0 Å². The van der Waals surface area contributed by atoms with Crippen LogP contribution in [-0.4, -0.2) is 24.1 Å². The fourth-order valence-electron chi connectivity index (χ4n) is 0.800. The molecule has 2 N–H and O–H groups in total. The van der Waals surface area contributed by atoms with E-state index in [1.165, 1.54) is 0 Å². The number of hydrogen-bond acceptors (Lipinski definition) is 3. The molecule has 0 aliphatic carbocycles. The van der Waals surface area contributed by atoms with E-state index in [-0.39, 0.29) is 24.2 Å². The Morgan fingerprint density at radius 2 is 2.06 bits per heavy atom. The van der Waals surface area contributed by atoms with Crippen LogP contribution in [0, 0.1) is 5.92 Å². The highest BCUT2D eigenvalue weighted by molar-refractivity contribution is 6.00. The first-order valence-corrected chi connectivity index (χ1v) is 5.18. The summed E-state index contributed by atoms with van der Waals surface area (Å²) in [5.41, 5.74) is 2.96. The van der Waals surface area contributed by atoms with Crippen molar-refractivity contribution in [2.75, 3.05) is 6.54 Å². The molecule has 0 aromatic carbocycles. The van der Waals surface area contributed by atoms with Crippen molar-refractivity contribution < 1.29 is 9.59 Å². The topological polar surface area (TPSA) is 70.6 Å². The van der Waals surface area contributed by atoms with Gasteiger partial charge >= 0.3 is 0 Å². The Morgan fingerprint density at radius 3 is 2.56 bits per heavy atom. The van der Waals surface area contributed by atoms with Gasteiger partial charge in [0.1, 0.15) is 0 Å². The van der Waals surface area contributed by atoms with Gasteiger partial charge in [0, 0.05) is 18.2 Å². The number of nitrogens with zero attached hydrogens (tertiary/aromatic N) is 1. The number of hydrazone groups is 1. The van der Waals surface area contributed by atoms with E-state index in [9.17, 15) is 9.59 Å². The highest BCUT2D eigenvalue weighted by atomic mass is 16.2. The van der Waals surface area contributed by atoms with Crippen LogP contribution in [0.4, 0.5) is 0 Å². The van der Waals surface area contributed by atoms with Crippen LogP contribution >= 0.6 is 0 Å². The molecular weight excluding hydrogens is 206 g/mol. The number of amides is 2. The summed E-state index contributed by atoms with van der Waals surface area (Å²) in [6.07, 6.45) is 1.77. The SMILES string of the molecule is C=CCNC(=O)CC(C)=NNC(=O)C(C)C. The molecule has 0 bridgehead atoms. The second kappa shape index (κ2) is 7.62. The summed E-state index contributed by atoms with van der Waals surface area (Å²) in [5, 5.41) is 6.45. The number of nitrogens with one attached hydrogen (secondary N) is 2. The maximum atomic E-state index is 11.2. The van der Waals surface area contributed by atoms with E-state index in [2.05, 4.69) is 22.4 Å². The smallest absolute Gasteiger partial charge is 0.242 e. The lowest BCUT2D eigenvalue weighted by molar-refractivity contribution is -0.124. The van der Waals surface area contributed by atoms with E-state index in [0.29, 0.717) is 12.3 Å². The largest absolute Gasteiger partial charge is 0.352 e. The summed E-state index contributed by atoms with van der Waals surface area (Å²) in [6.45, 7) is 9.16. The van der Waals surface area contributed by atoms with E-state index < -0.39 is 0 Å². The molecule has 0 aromatic rings. The van der Waals surface area contributed by atoms with Gasteiger partial charge in [-0.05, 0) is 6.92 Å². The molecule has 0 radical (unpaired) electrons. The molecule has 0 atom stereocenters. The monoisotopic (exact) mass is 225 g/mol. The van der Waals surface area contributed by atoms with Gasteiger partial charge in [-0.15, -0.1) is 6.58 Å². The zero-order chi connectivity index (χ0) is 12.6. The summed E-state index contributed by atoms with van der Waals surface area (Å²) in [6, 6.07) is 0. The van der Waals surface area contributed by atoms with Crippen molar-refractivity contribution in [3.05, 3.63) is 12.7 Å². The number of hydrogen-bond donors (Lipinski definition) is 2. The van der Waals surface area contributed by atoms with Gasteiger partial charge in [-0.3, -0.25) is 9.59 Å².